The molecule has 4 nitrogen and oxygen atoms in total. The number of hydrogen-bond donors (Lipinski definition) is 2. The van der Waals surface area contributed by atoms with Crippen LogP contribution in [-0.2, 0) is 0 Å². The zero-order chi connectivity index (χ0) is 14.2. The van der Waals surface area contributed by atoms with Crippen molar-refractivity contribution in [2.24, 2.45) is 5.41 Å². The van der Waals surface area contributed by atoms with Gasteiger partial charge in [-0.3, -0.25) is 4.79 Å². The average Bonchev–Trinajstić information content (AvgIpc) is 2.87. The fraction of sp³-hybridized carbons (Fsp3) is 0.429. The molecule has 20 heavy (non-hydrogen) atoms. The number of carbonyl (C=O) groups is 1. The quantitative estimate of drug-likeness (QED) is 0.892. The number of aryl methyl sites for hydroxylation is 1. The summed E-state index contributed by atoms with van der Waals surface area (Å²) < 4.78 is 0. The van der Waals surface area contributed by atoms with E-state index < -0.39 is 0 Å². The van der Waals surface area contributed by atoms with Crippen LogP contribution in [0.5, 0.6) is 0 Å². The Labute approximate surface area is 125 Å². The van der Waals surface area contributed by atoms with Crippen LogP contribution in [-0.4, -0.2) is 29.1 Å². The summed E-state index contributed by atoms with van der Waals surface area (Å²) in [4.78, 5) is 17.4. The van der Waals surface area contributed by atoms with E-state index in [1.807, 2.05) is 23.8 Å². The van der Waals surface area contributed by atoms with Crippen molar-refractivity contribution in [2.45, 2.75) is 19.8 Å². The predicted octanol–water partition coefficient (Wildman–Crippen LogP) is 2.68. The molecule has 2 aromatic rings. The van der Waals surface area contributed by atoms with Crippen LogP contribution in [0.1, 0.15) is 28.2 Å². The fourth-order valence-electron chi connectivity index (χ4n) is 2.03. The maximum absolute atomic E-state index is 12.2. The van der Waals surface area contributed by atoms with E-state index in [9.17, 15) is 9.90 Å². The first-order valence-corrected chi connectivity index (χ1v) is 8.28. The van der Waals surface area contributed by atoms with E-state index in [4.69, 9.17) is 0 Å². The number of amides is 1. The Morgan fingerprint density at radius 1 is 1.55 bits per heavy atom. The van der Waals surface area contributed by atoms with Crippen molar-refractivity contribution in [1.82, 2.24) is 10.3 Å². The van der Waals surface area contributed by atoms with E-state index in [2.05, 4.69) is 10.3 Å². The minimum Gasteiger partial charge on any atom is -0.396 e. The Bertz CT molecular complexity index is 615. The molecule has 0 aromatic carbocycles. The van der Waals surface area contributed by atoms with Gasteiger partial charge in [-0.05, 0) is 31.2 Å². The third kappa shape index (κ3) is 2.63. The van der Waals surface area contributed by atoms with Gasteiger partial charge in [-0.2, -0.15) is 11.3 Å². The number of aliphatic hydroxyl groups is 1. The van der Waals surface area contributed by atoms with Crippen LogP contribution >= 0.6 is 22.7 Å². The summed E-state index contributed by atoms with van der Waals surface area (Å²) in [5.74, 6) is -0.0822. The molecular formula is C14H16N2O2S2. The summed E-state index contributed by atoms with van der Waals surface area (Å²) in [6, 6.07) is 2.01. The number of thiophene rings is 1. The van der Waals surface area contributed by atoms with Crippen molar-refractivity contribution >= 4 is 28.6 Å². The minimum absolute atomic E-state index is 0.0650. The number of carbonyl (C=O) groups excluding carboxylic acids is 1. The highest BCUT2D eigenvalue weighted by Gasteiger charge is 2.42. The molecule has 1 amide bonds. The van der Waals surface area contributed by atoms with Crippen LogP contribution in [0, 0.1) is 12.3 Å². The number of aliphatic hydroxyl groups excluding tert-OH is 1. The summed E-state index contributed by atoms with van der Waals surface area (Å²) in [7, 11) is 0. The van der Waals surface area contributed by atoms with Crippen LogP contribution in [0.15, 0.2) is 16.8 Å². The minimum atomic E-state index is -0.0822. The standard InChI is InChI=1S/C14H16N2O2S2/c1-9-11(12(18)15-7-14(8-17)3-4-14)20-13(16-9)10-2-5-19-6-10/h2,5-6,17H,3-4,7-8H2,1H3,(H,15,18). The van der Waals surface area contributed by atoms with Gasteiger partial charge in [0.05, 0.1) is 12.3 Å². The van der Waals surface area contributed by atoms with Crippen LogP contribution in [0.3, 0.4) is 0 Å². The van der Waals surface area contributed by atoms with Crippen molar-refractivity contribution < 1.29 is 9.90 Å². The molecule has 1 aliphatic carbocycles. The lowest BCUT2D eigenvalue weighted by atomic mass is 10.1. The molecule has 0 bridgehead atoms. The van der Waals surface area contributed by atoms with E-state index in [1.54, 1.807) is 11.3 Å². The molecule has 0 aliphatic heterocycles. The number of rotatable bonds is 5. The number of nitrogens with zero attached hydrogens (tertiary/aromatic N) is 1. The van der Waals surface area contributed by atoms with E-state index >= 15 is 0 Å². The van der Waals surface area contributed by atoms with Crippen molar-refractivity contribution in [3.63, 3.8) is 0 Å². The summed E-state index contributed by atoms with van der Waals surface area (Å²) in [6.45, 7) is 2.56. The van der Waals surface area contributed by atoms with Gasteiger partial charge in [0, 0.05) is 22.9 Å². The average molecular weight is 308 g/mol. The van der Waals surface area contributed by atoms with Gasteiger partial charge in [0.25, 0.3) is 5.91 Å². The molecule has 2 N–H and O–H groups in total. The second kappa shape index (κ2) is 5.27. The zero-order valence-electron chi connectivity index (χ0n) is 11.2. The van der Waals surface area contributed by atoms with Crippen molar-refractivity contribution in [2.75, 3.05) is 13.2 Å². The van der Waals surface area contributed by atoms with E-state index in [-0.39, 0.29) is 17.9 Å². The topological polar surface area (TPSA) is 62.2 Å². The molecule has 1 saturated carbocycles. The van der Waals surface area contributed by atoms with Gasteiger partial charge in [-0.1, -0.05) is 0 Å². The fourth-order valence-corrected chi connectivity index (χ4v) is 3.73. The maximum atomic E-state index is 12.2. The Morgan fingerprint density at radius 2 is 2.35 bits per heavy atom. The predicted molar refractivity (Wildman–Crippen MR) is 81.3 cm³/mol. The number of aromatic nitrogens is 1. The Balaban J connectivity index is 1.72. The molecule has 2 heterocycles. The van der Waals surface area contributed by atoms with E-state index in [1.165, 1.54) is 11.3 Å². The first-order valence-electron chi connectivity index (χ1n) is 6.53. The third-order valence-electron chi connectivity index (χ3n) is 3.69. The molecule has 6 heteroatoms. The Kier molecular flexibility index (Phi) is 3.62. The van der Waals surface area contributed by atoms with Gasteiger partial charge in [-0.25, -0.2) is 4.98 Å². The van der Waals surface area contributed by atoms with Crippen LogP contribution in [0.4, 0.5) is 0 Å². The highest BCUT2D eigenvalue weighted by Crippen LogP contribution is 2.44. The molecular weight excluding hydrogens is 292 g/mol. The number of nitrogens with one attached hydrogen (secondary N) is 1. The molecule has 0 saturated heterocycles. The first kappa shape index (κ1) is 13.7. The van der Waals surface area contributed by atoms with Crippen LogP contribution in [0.2, 0.25) is 0 Å². The molecule has 0 atom stereocenters. The van der Waals surface area contributed by atoms with Crippen molar-refractivity contribution in [3.05, 3.63) is 27.4 Å². The normalized spacial score (nSPS) is 16.1. The first-order chi connectivity index (χ1) is 9.63. The van der Waals surface area contributed by atoms with Crippen LogP contribution < -0.4 is 5.32 Å². The lowest BCUT2D eigenvalue weighted by Gasteiger charge is -2.11. The van der Waals surface area contributed by atoms with Gasteiger partial charge in [-0.15, -0.1) is 11.3 Å². The summed E-state index contributed by atoms with van der Waals surface area (Å²) in [5.41, 5.74) is 1.77. The van der Waals surface area contributed by atoms with Gasteiger partial charge >= 0.3 is 0 Å². The molecule has 1 aliphatic rings. The number of hydrogen-bond acceptors (Lipinski definition) is 5. The van der Waals surface area contributed by atoms with Gasteiger partial charge < -0.3 is 10.4 Å². The second-order valence-electron chi connectivity index (χ2n) is 5.29. The lowest BCUT2D eigenvalue weighted by Crippen LogP contribution is -2.31. The van der Waals surface area contributed by atoms with Gasteiger partial charge in [0.15, 0.2) is 0 Å². The van der Waals surface area contributed by atoms with Crippen molar-refractivity contribution in [1.29, 1.82) is 0 Å². The summed E-state index contributed by atoms with van der Waals surface area (Å²) in [6.07, 6.45) is 1.98. The summed E-state index contributed by atoms with van der Waals surface area (Å²) in [5, 5.41) is 17.1. The van der Waals surface area contributed by atoms with Gasteiger partial charge in [0.1, 0.15) is 9.88 Å². The van der Waals surface area contributed by atoms with Crippen molar-refractivity contribution in [3.8, 4) is 10.6 Å². The Morgan fingerprint density at radius 3 is 2.95 bits per heavy atom. The largest absolute Gasteiger partial charge is 0.396 e. The second-order valence-corrected chi connectivity index (χ2v) is 7.07. The van der Waals surface area contributed by atoms with Crippen LogP contribution in [0.25, 0.3) is 10.6 Å². The molecule has 106 valence electrons. The third-order valence-corrected chi connectivity index (χ3v) is 5.58. The zero-order valence-corrected chi connectivity index (χ0v) is 12.8. The van der Waals surface area contributed by atoms with E-state index in [0.717, 1.165) is 29.1 Å². The lowest BCUT2D eigenvalue weighted by molar-refractivity contribution is 0.0938. The molecule has 0 unspecified atom stereocenters. The van der Waals surface area contributed by atoms with E-state index in [0.29, 0.717) is 11.4 Å². The molecule has 0 radical (unpaired) electrons. The highest BCUT2D eigenvalue weighted by atomic mass is 32.1. The SMILES string of the molecule is Cc1nc(-c2ccsc2)sc1C(=O)NCC1(CO)CC1. The monoisotopic (exact) mass is 308 g/mol. The maximum Gasteiger partial charge on any atom is 0.263 e. The van der Waals surface area contributed by atoms with Gasteiger partial charge in [0.2, 0.25) is 0 Å². The highest BCUT2D eigenvalue weighted by molar-refractivity contribution is 7.17. The smallest absolute Gasteiger partial charge is 0.263 e. The summed E-state index contributed by atoms with van der Waals surface area (Å²) >= 11 is 3.05. The molecule has 2 aromatic heterocycles. The molecule has 1 fully saturated rings. The molecule has 3 rings (SSSR count). The number of thiazole rings is 1. The molecule has 0 spiro atoms. The Hall–Kier alpha value is -1.24.